The van der Waals surface area contributed by atoms with Crippen molar-refractivity contribution in [2.75, 3.05) is 20.2 Å². The van der Waals surface area contributed by atoms with Gasteiger partial charge in [-0.25, -0.2) is 4.79 Å². The van der Waals surface area contributed by atoms with Gasteiger partial charge in [0.2, 0.25) is 0 Å². The molecular formula is C22H23NO3. The van der Waals surface area contributed by atoms with Crippen molar-refractivity contribution in [2.24, 2.45) is 0 Å². The van der Waals surface area contributed by atoms with Gasteiger partial charge in [0.25, 0.3) is 0 Å². The van der Waals surface area contributed by atoms with Crippen LogP contribution in [0, 0.1) is 0 Å². The van der Waals surface area contributed by atoms with Crippen LogP contribution in [-0.4, -0.2) is 36.9 Å². The van der Waals surface area contributed by atoms with E-state index in [1.165, 1.54) is 18.7 Å². The normalized spacial score (nSPS) is 11.3. The van der Waals surface area contributed by atoms with Gasteiger partial charge in [-0.2, -0.15) is 0 Å². The van der Waals surface area contributed by atoms with Gasteiger partial charge in [0.1, 0.15) is 0 Å². The van der Waals surface area contributed by atoms with Crippen LogP contribution in [0.4, 0.5) is 0 Å². The van der Waals surface area contributed by atoms with Crippen LogP contribution in [0.25, 0.3) is 0 Å². The van der Waals surface area contributed by atoms with Gasteiger partial charge in [0.15, 0.2) is 5.78 Å². The predicted molar refractivity (Wildman–Crippen MR) is 103 cm³/mol. The van der Waals surface area contributed by atoms with E-state index in [-0.39, 0.29) is 11.8 Å². The van der Waals surface area contributed by atoms with Crippen molar-refractivity contribution in [3.05, 3.63) is 96.1 Å². The van der Waals surface area contributed by atoms with Gasteiger partial charge in [-0.05, 0) is 11.6 Å². The molecule has 0 amide bonds. The standard InChI is InChI=1S/C22H23NO3/c1-26-22(25)15-9-17-23(18-19-10-4-2-5-11-19)16-8-14-21(24)20-12-6-3-7-13-20/h2-15H,16-18H2,1H3/b14-8+,15-9+. The van der Waals surface area contributed by atoms with Crippen LogP contribution in [0.1, 0.15) is 15.9 Å². The summed E-state index contributed by atoms with van der Waals surface area (Å²) in [6.07, 6.45) is 6.63. The fraction of sp³-hybridized carbons (Fsp3) is 0.182. The molecule has 2 aromatic carbocycles. The van der Waals surface area contributed by atoms with Crippen molar-refractivity contribution in [2.45, 2.75) is 6.54 Å². The first-order chi connectivity index (χ1) is 12.7. The molecule has 0 N–H and O–H groups in total. The molecule has 0 saturated heterocycles. The maximum Gasteiger partial charge on any atom is 0.330 e. The number of hydrogen-bond donors (Lipinski definition) is 0. The number of methoxy groups -OCH3 is 1. The highest BCUT2D eigenvalue weighted by Gasteiger charge is 2.04. The number of nitrogens with zero attached hydrogens (tertiary/aromatic N) is 1. The first-order valence-corrected chi connectivity index (χ1v) is 8.45. The maximum absolute atomic E-state index is 12.1. The second-order valence-corrected chi connectivity index (χ2v) is 5.74. The Bertz CT molecular complexity index is 751. The average molecular weight is 349 g/mol. The summed E-state index contributed by atoms with van der Waals surface area (Å²) in [6, 6.07) is 19.2. The van der Waals surface area contributed by atoms with Gasteiger partial charge >= 0.3 is 5.97 Å². The zero-order valence-corrected chi connectivity index (χ0v) is 14.9. The second-order valence-electron chi connectivity index (χ2n) is 5.74. The van der Waals surface area contributed by atoms with Crippen LogP contribution in [0.3, 0.4) is 0 Å². The molecule has 2 aromatic rings. The van der Waals surface area contributed by atoms with Gasteiger partial charge in [-0.1, -0.05) is 72.8 Å². The van der Waals surface area contributed by atoms with Crippen LogP contribution in [0.2, 0.25) is 0 Å². The first kappa shape index (κ1) is 19.3. The van der Waals surface area contributed by atoms with Gasteiger partial charge < -0.3 is 4.74 Å². The van der Waals surface area contributed by atoms with E-state index < -0.39 is 0 Å². The number of benzene rings is 2. The van der Waals surface area contributed by atoms with Crippen molar-refractivity contribution in [3.8, 4) is 0 Å². The van der Waals surface area contributed by atoms with E-state index >= 15 is 0 Å². The third-order valence-corrected chi connectivity index (χ3v) is 3.76. The molecule has 0 unspecified atom stereocenters. The quantitative estimate of drug-likeness (QED) is 0.394. The molecule has 0 radical (unpaired) electrons. The monoisotopic (exact) mass is 349 g/mol. The number of ketones is 1. The minimum atomic E-state index is -0.376. The molecule has 134 valence electrons. The third-order valence-electron chi connectivity index (χ3n) is 3.76. The molecule has 4 nitrogen and oxygen atoms in total. The summed E-state index contributed by atoms with van der Waals surface area (Å²) in [6.45, 7) is 1.89. The van der Waals surface area contributed by atoms with E-state index in [0.717, 1.165) is 6.54 Å². The number of hydrogen-bond acceptors (Lipinski definition) is 4. The Labute approximate surface area is 154 Å². The Morgan fingerprint density at radius 3 is 2.08 bits per heavy atom. The van der Waals surface area contributed by atoms with E-state index in [1.807, 2.05) is 42.5 Å². The number of carbonyl (C=O) groups excluding carboxylic acids is 2. The number of ether oxygens (including phenoxy) is 1. The van der Waals surface area contributed by atoms with Crippen molar-refractivity contribution in [1.29, 1.82) is 0 Å². The minimum absolute atomic E-state index is 0.0182. The molecule has 0 spiro atoms. The van der Waals surface area contributed by atoms with E-state index in [2.05, 4.69) is 21.8 Å². The first-order valence-electron chi connectivity index (χ1n) is 8.45. The van der Waals surface area contributed by atoms with Crippen molar-refractivity contribution >= 4 is 11.8 Å². The summed E-state index contributed by atoms with van der Waals surface area (Å²) in [7, 11) is 1.35. The molecule has 4 heteroatoms. The highest BCUT2D eigenvalue weighted by atomic mass is 16.5. The van der Waals surface area contributed by atoms with Gasteiger partial charge in [-0.3, -0.25) is 9.69 Å². The van der Waals surface area contributed by atoms with Crippen LogP contribution < -0.4 is 0 Å². The van der Waals surface area contributed by atoms with Gasteiger partial charge in [0.05, 0.1) is 7.11 Å². The molecule has 0 fully saturated rings. The van der Waals surface area contributed by atoms with Gasteiger partial charge in [0, 0.05) is 31.3 Å². The zero-order chi connectivity index (χ0) is 18.6. The van der Waals surface area contributed by atoms with Crippen LogP contribution in [0.15, 0.2) is 85.0 Å². The summed E-state index contributed by atoms with van der Waals surface area (Å²) in [5.41, 5.74) is 1.84. The highest BCUT2D eigenvalue weighted by molar-refractivity contribution is 6.04. The molecule has 0 heterocycles. The number of allylic oxidation sites excluding steroid dienone is 1. The zero-order valence-electron chi connectivity index (χ0n) is 14.9. The van der Waals surface area contributed by atoms with Crippen LogP contribution in [0.5, 0.6) is 0 Å². The minimum Gasteiger partial charge on any atom is -0.466 e. The molecule has 0 aliphatic heterocycles. The van der Waals surface area contributed by atoms with E-state index in [9.17, 15) is 9.59 Å². The van der Waals surface area contributed by atoms with Gasteiger partial charge in [-0.15, -0.1) is 0 Å². The smallest absolute Gasteiger partial charge is 0.330 e. The summed E-state index contributed by atoms with van der Waals surface area (Å²) < 4.78 is 4.61. The fourth-order valence-corrected chi connectivity index (χ4v) is 2.42. The summed E-state index contributed by atoms with van der Waals surface area (Å²) in [4.78, 5) is 25.5. The molecule has 0 atom stereocenters. The topological polar surface area (TPSA) is 46.6 Å². The third kappa shape index (κ3) is 6.87. The summed E-state index contributed by atoms with van der Waals surface area (Å²) >= 11 is 0. The lowest BCUT2D eigenvalue weighted by Crippen LogP contribution is -2.23. The van der Waals surface area contributed by atoms with Crippen molar-refractivity contribution < 1.29 is 14.3 Å². The average Bonchev–Trinajstić information content (AvgIpc) is 2.69. The number of esters is 1. The molecule has 0 saturated carbocycles. The Hall–Kier alpha value is -2.98. The molecule has 2 rings (SSSR count). The maximum atomic E-state index is 12.1. The summed E-state index contributed by atoms with van der Waals surface area (Å²) in [5, 5.41) is 0. The lowest BCUT2D eigenvalue weighted by atomic mass is 10.1. The SMILES string of the molecule is COC(=O)/C=C/CN(C/C=C/C(=O)c1ccccc1)Cc1ccccc1. The lowest BCUT2D eigenvalue weighted by Gasteiger charge is -2.19. The predicted octanol–water partition coefficient (Wildman–Crippen LogP) is 3.66. The molecule has 0 aromatic heterocycles. The van der Waals surface area contributed by atoms with E-state index in [1.54, 1.807) is 24.3 Å². The van der Waals surface area contributed by atoms with E-state index in [0.29, 0.717) is 18.7 Å². The van der Waals surface area contributed by atoms with Crippen molar-refractivity contribution in [3.63, 3.8) is 0 Å². The molecular weight excluding hydrogens is 326 g/mol. The largest absolute Gasteiger partial charge is 0.466 e. The Morgan fingerprint density at radius 2 is 1.46 bits per heavy atom. The second kappa shape index (κ2) is 10.8. The number of rotatable bonds is 9. The van der Waals surface area contributed by atoms with Crippen LogP contribution >= 0.6 is 0 Å². The Morgan fingerprint density at radius 1 is 0.885 bits per heavy atom. The fourth-order valence-electron chi connectivity index (χ4n) is 2.42. The molecule has 0 aliphatic rings. The molecule has 0 bridgehead atoms. The van der Waals surface area contributed by atoms with Crippen LogP contribution in [-0.2, 0) is 16.1 Å². The Balaban J connectivity index is 1.98. The van der Waals surface area contributed by atoms with E-state index in [4.69, 9.17) is 0 Å². The molecule has 0 aliphatic carbocycles. The number of carbonyl (C=O) groups is 2. The molecule has 26 heavy (non-hydrogen) atoms. The highest BCUT2D eigenvalue weighted by Crippen LogP contribution is 2.06. The van der Waals surface area contributed by atoms with Crippen molar-refractivity contribution in [1.82, 2.24) is 4.90 Å². The lowest BCUT2D eigenvalue weighted by molar-refractivity contribution is -0.134. The summed E-state index contributed by atoms with van der Waals surface area (Å²) in [5.74, 6) is -0.394. The Kier molecular flexibility index (Phi) is 8.03.